The highest BCUT2D eigenvalue weighted by Gasteiger charge is 2.13. The van der Waals surface area contributed by atoms with Crippen molar-refractivity contribution < 1.29 is 15.1 Å². The van der Waals surface area contributed by atoms with Crippen LogP contribution in [-0.2, 0) is 4.79 Å². The molecule has 0 rings (SSSR count). The smallest absolute Gasteiger partial charge is 0.359 e. The standard InChI is InChI=1S/C5H8N2O3/c1-2-3(6)4(7-10)5(8)9/h6,10H,2H2,1H3,(H,8,9). The van der Waals surface area contributed by atoms with E-state index >= 15 is 0 Å². The summed E-state index contributed by atoms with van der Waals surface area (Å²) < 4.78 is 0. The van der Waals surface area contributed by atoms with E-state index in [9.17, 15) is 4.79 Å². The molecule has 0 aromatic rings. The molecule has 0 saturated carbocycles. The molecule has 0 fully saturated rings. The molecule has 0 bridgehead atoms. The van der Waals surface area contributed by atoms with Crippen LogP contribution in [0.1, 0.15) is 13.3 Å². The second kappa shape index (κ2) is 3.60. The normalized spacial score (nSPS) is 11.1. The Balaban J connectivity index is 4.39. The lowest BCUT2D eigenvalue weighted by atomic mass is 10.2. The van der Waals surface area contributed by atoms with Gasteiger partial charge in [0.05, 0.1) is 5.71 Å². The van der Waals surface area contributed by atoms with Gasteiger partial charge in [0.15, 0.2) is 0 Å². The Morgan fingerprint density at radius 2 is 2.20 bits per heavy atom. The summed E-state index contributed by atoms with van der Waals surface area (Å²) >= 11 is 0. The zero-order valence-corrected chi connectivity index (χ0v) is 5.46. The van der Waals surface area contributed by atoms with Gasteiger partial charge in [0.1, 0.15) is 0 Å². The monoisotopic (exact) mass is 144 g/mol. The first-order valence-corrected chi connectivity index (χ1v) is 2.66. The van der Waals surface area contributed by atoms with Gasteiger partial charge in [-0.25, -0.2) is 4.79 Å². The van der Waals surface area contributed by atoms with Crippen molar-refractivity contribution in [1.29, 1.82) is 5.41 Å². The highest BCUT2D eigenvalue weighted by atomic mass is 16.4. The van der Waals surface area contributed by atoms with Gasteiger partial charge in [0.2, 0.25) is 5.71 Å². The SMILES string of the molecule is CCC(=N)C(=NO)C(=O)O. The molecule has 0 aliphatic rings. The van der Waals surface area contributed by atoms with Crippen LogP contribution < -0.4 is 0 Å². The molecule has 0 radical (unpaired) electrons. The summed E-state index contributed by atoms with van der Waals surface area (Å²) in [4.78, 5) is 10.1. The number of carbonyl (C=O) groups is 1. The van der Waals surface area contributed by atoms with Crippen LogP contribution >= 0.6 is 0 Å². The van der Waals surface area contributed by atoms with Crippen LogP contribution in [0.4, 0.5) is 0 Å². The number of carboxylic acids is 1. The minimum atomic E-state index is -1.38. The van der Waals surface area contributed by atoms with Crippen molar-refractivity contribution >= 4 is 17.4 Å². The van der Waals surface area contributed by atoms with E-state index in [2.05, 4.69) is 5.16 Å². The van der Waals surface area contributed by atoms with E-state index in [0.29, 0.717) is 0 Å². The van der Waals surface area contributed by atoms with Gasteiger partial charge in [-0.1, -0.05) is 12.1 Å². The molecule has 3 N–H and O–H groups in total. The van der Waals surface area contributed by atoms with E-state index in [1.54, 1.807) is 6.92 Å². The van der Waals surface area contributed by atoms with Crippen LogP contribution in [0.2, 0.25) is 0 Å². The van der Waals surface area contributed by atoms with Crippen LogP contribution in [-0.4, -0.2) is 27.7 Å². The van der Waals surface area contributed by atoms with Gasteiger partial charge >= 0.3 is 5.97 Å². The van der Waals surface area contributed by atoms with Crippen molar-refractivity contribution in [3.8, 4) is 0 Å². The van der Waals surface area contributed by atoms with Crippen LogP contribution in [0, 0.1) is 5.41 Å². The first-order chi connectivity index (χ1) is 4.63. The number of hydrogen-bond acceptors (Lipinski definition) is 4. The minimum Gasteiger partial charge on any atom is -0.476 e. The Morgan fingerprint density at radius 3 is 2.30 bits per heavy atom. The second-order valence-electron chi connectivity index (χ2n) is 1.59. The molecular weight excluding hydrogens is 136 g/mol. The molecule has 0 atom stereocenters. The van der Waals surface area contributed by atoms with E-state index < -0.39 is 11.7 Å². The summed E-state index contributed by atoms with van der Waals surface area (Å²) in [6.07, 6.45) is 0.242. The van der Waals surface area contributed by atoms with E-state index in [1.165, 1.54) is 0 Å². The van der Waals surface area contributed by atoms with Crippen molar-refractivity contribution in [3.05, 3.63) is 0 Å². The fourth-order valence-electron chi connectivity index (χ4n) is 0.400. The molecule has 0 spiro atoms. The third-order valence-corrected chi connectivity index (χ3v) is 0.942. The van der Waals surface area contributed by atoms with Crippen molar-refractivity contribution in [2.24, 2.45) is 5.16 Å². The number of aliphatic carboxylic acids is 1. The van der Waals surface area contributed by atoms with E-state index in [1.807, 2.05) is 0 Å². The second-order valence-corrected chi connectivity index (χ2v) is 1.59. The summed E-state index contributed by atoms with van der Waals surface area (Å²) in [7, 11) is 0. The van der Waals surface area contributed by atoms with Crippen molar-refractivity contribution in [2.75, 3.05) is 0 Å². The topological polar surface area (TPSA) is 93.7 Å². The van der Waals surface area contributed by atoms with Crippen molar-refractivity contribution in [1.82, 2.24) is 0 Å². The molecule has 5 nitrogen and oxygen atoms in total. The number of carboxylic acid groups (broad SMARTS) is 1. The Hall–Kier alpha value is -1.39. The molecule has 0 amide bonds. The van der Waals surface area contributed by atoms with Crippen LogP contribution in [0.15, 0.2) is 5.16 Å². The molecule has 0 saturated heterocycles. The Labute approximate surface area is 57.5 Å². The number of rotatable bonds is 3. The van der Waals surface area contributed by atoms with Gasteiger partial charge in [0.25, 0.3) is 0 Å². The van der Waals surface area contributed by atoms with E-state index in [4.69, 9.17) is 15.7 Å². The maximum absolute atomic E-state index is 10.1. The first kappa shape index (κ1) is 8.61. The van der Waals surface area contributed by atoms with Gasteiger partial charge in [0, 0.05) is 0 Å². The van der Waals surface area contributed by atoms with Gasteiger partial charge in [-0.15, -0.1) is 0 Å². The molecule has 0 aromatic carbocycles. The summed E-state index contributed by atoms with van der Waals surface area (Å²) in [6, 6.07) is 0. The van der Waals surface area contributed by atoms with Gasteiger partial charge in [-0.05, 0) is 6.42 Å². The Morgan fingerprint density at radius 1 is 1.70 bits per heavy atom. The molecule has 56 valence electrons. The number of nitrogens with zero attached hydrogens (tertiary/aromatic N) is 1. The van der Waals surface area contributed by atoms with Crippen molar-refractivity contribution in [2.45, 2.75) is 13.3 Å². The zero-order valence-electron chi connectivity index (χ0n) is 5.46. The maximum Gasteiger partial charge on any atom is 0.359 e. The molecule has 5 heteroatoms. The average Bonchev–Trinajstić information content (AvgIpc) is 1.88. The largest absolute Gasteiger partial charge is 0.476 e. The minimum absolute atomic E-state index is 0.185. The predicted octanol–water partition coefficient (Wildman–Crippen LogP) is 0.331. The van der Waals surface area contributed by atoms with Crippen LogP contribution in [0.25, 0.3) is 0 Å². The molecule has 0 heterocycles. The average molecular weight is 144 g/mol. The summed E-state index contributed by atoms with van der Waals surface area (Å²) in [5.41, 5.74) is -0.780. The van der Waals surface area contributed by atoms with Crippen LogP contribution in [0.5, 0.6) is 0 Å². The zero-order chi connectivity index (χ0) is 8.15. The predicted molar refractivity (Wildman–Crippen MR) is 34.9 cm³/mol. The first-order valence-electron chi connectivity index (χ1n) is 2.66. The third kappa shape index (κ3) is 1.85. The lowest BCUT2D eigenvalue weighted by Crippen LogP contribution is -2.22. The number of hydrogen-bond donors (Lipinski definition) is 3. The molecule has 10 heavy (non-hydrogen) atoms. The van der Waals surface area contributed by atoms with Gasteiger partial charge in [-0.2, -0.15) is 0 Å². The quantitative estimate of drug-likeness (QED) is 0.302. The lowest BCUT2D eigenvalue weighted by molar-refractivity contribution is -0.129. The highest BCUT2D eigenvalue weighted by molar-refractivity contribution is 6.64. The fourth-order valence-corrected chi connectivity index (χ4v) is 0.400. The highest BCUT2D eigenvalue weighted by Crippen LogP contribution is 1.87. The van der Waals surface area contributed by atoms with Gasteiger partial charge in [-0.3, -0.25) is 0 Å². The van der Waals surface area contributed by atoms with E-state index in [-0.39, 0.29) is 12.1 Å². The summed E-state index contributed by atoms with van der Waals surface area (Å²) in [5.74, 6) is -1.38. The molecule has 0 aromatic heterocycles. The van der Waals surface area contributed by atoms with Crippen LogP contribution in [0.3, 0.4) is 0 Å². The van der Waals surface area contributed by atoms with Crippen molar-refractivity contribution in [3.63, 3.8) is 0 Å². The van der Waals surface area contributed by atoms with E-state index in [0.717, 1.165) is 0 Å². The summed E-state index contributed by atoms with van der Waals surface area (Å²) in [5, 5.41) is 25.7. The Bertz CT molecular complexity index is 185. The molecule has 0 aliphatic heterocycles. The summed E-state index contributed by atoms with van der Waals surface area (Å²) in [6.45, 7) is 1.61. The maximum atomic E-state index is 10.1. The molecular formula is C5H8N2O3. The Kier molecular flexibility index (Phi) is 3.10. The molecule has 0 unspecified atom stereocenters. The lowest BCUT2D eigenvalue weighted by Gasteiger charge is -1.95. The third-order valence-electron chi connectivity index (χ3n) is 0.942. The fraction of sp³-hybridized carbons (Fsp3) is 0.400. The number of oxime groups is 1. The number of nitrogens with one attached hydrogen (secondary N) is 1. The molecule has 0 aliphatic carbocycles. The van der Waals surface area contributed by atoms with Gasteiger partial charge < -0.3 is 15.7 Å².